The second kappa shape index (κ2) is 19.3. The van der Waals surface area contributed by atoms with Gasteiger partial charge in [-0.15, -0.1) is 0 Å². The summed E-state index contributed by atoms with van der Waals surface area (Å²) in [6.45, 7) is 4.73. The number of guanidine groups is 1. The van der Waals surface area contributed by atoms with E-state index in [4.69, 9.17) is 21.9 Å². The summed E-state index contributed by atoms with van der Waals surface area (Å²) in [7, 11) is 1.54. The first kappa shape index (κ1) is 25.6. The summed E-state index contributed by atoms with van der Waals surface area (Å²) in [4.78, 5) is 16.0. The van der Waals surface area contributed by atoms with Gasteiger partial charge in [0.2, 0.25) is 0 Å². The largest absolute Gasteiger partial charge is 0.370 e. The maximum absolute atomic E-state index is 12.1. The highest BCUT2D eigenvalue weighted by molar-refractivity contribution is 5.80. The Kier molecular flexibility index (Phi) is 18.3. The van der Waals surface area contributed by atoms with Crippen LogP contribution in [-0.4, -0.2) is 64.5 Å². The van der Waals surface area contributed by atoms with Crippen LogP contribution in [0.2, 0.25) is 0 Å². The van der Waals surface area contributed by atoms with Gasteiger partial charge in [-0.2, -0.15) is 0 Å². The summed E-state index contributed by atoms with van der Waals surface area (Å²) in [6.07, 6.45) is 7.71. The summed E-state index contributed by atoms with van der Waals surface area (Å²) >= 11 is 0. The molecule has 0 rings (SSSR count). The summed E-state index contributed by atoms with van der Waals surface area (Å²) < 4.78 is 5.23. The standard InChI is InChI=1S/C18H41N7O2/c1-27-17(16(26)23-13-8-7-11-22-12-9-10-19)24-14-5-3-2-4-6-15-25-18(20)21/h17,22,24H,2-15,19H2,1H3,(H,23,26)(H4,20,21,25). The lowest BCUT2D eigenvalue weighted by Crippen LogP contribution is -2.46. The van der Waals surface area contributed by atoms with Crippen molar-refractivity contribution in [2.24, 2.45) is 22.2 Å². The molecule has 1 amide bonds. The van der Waals surface area contributed by atoms with Gasteiger partial charge in [-0.05, 0) is 58.3 Å². The molecule has 0 spiro atoms. The molecule has 0 bridgehead atoms. The molecule has 9 N–H and O–H groups in total. The molecule has 27 heavy (non-hydrogen) atoms. The van der Waals surface area contributed by atoms with E-state index >= 15 is 0 Å². The first-order chi connectivity index (χ1) is 13.1. The molecular formula is C18H41N7O2. The average Bonchev–Trinajstić information content (AvgIpc) is 2.65. The summed E-state index contributed by atoms with van der Waals surface area (Å²) in [6, 6.07) is 0. The Hall–Kier alpha value is -1.42. The molecule has 0 aliphatic rings. The lowest BCUT2D eigenvalue weighted by molar-refractivity contribution is -0.132. The molecule has 160 valence electrons. The Labute approximate surface area is 164 Å². The van der Waals surface area contributed by atoms with E-state index in [0.717, 1.165) is 71.0 Å². The number of rotatable bonds is 19. The van der Waals surface area contributed by atoms with Gasteiger partial charge in [0.25, 0.3) is 5.91 Å². The number of aliphatic imine (C=N–C) groups is 1. The van der Waals surface area contributed by atoms with Crippen LogP contribution in [0.15, 0.2) is 4.99 Å². The third-order valence-corrected chi connectivity index (χ3v) is 4.07. The molecule has 0 saturated carbocycles. The van der Waals surface area contributed by atoms with Crippen LogP contribution in [-0.2, 0) is 9.53 Å². The van der Waals surface area contributed by atoms with Crippen molar-refractivity contribution in [3.63, 3.8) is 0 Å². The molecule has 0 aromatic heterocycles. The van der Waals surface area contributed by atoms with Crippen molar-refractivity contribution >= 4 is 11.9 Å². The lowest BCUT2D eigenvalue weighted by atomic mass is 10.1. The number of hydrogen-bond acceptors (Lipinski definition) is 6. The highest BCUT2D eigenvalue weighted by Gasteiger charge is 2.15. The van der Waals surface area contributed by atoms with E-state index < -0.39 is 6.23 Å². The van der Waals surface area contributed by atoms with Crippen molar-refractivity contribution in [1.82, 2.24) is 16.0 Å². The van der Waals surface area contributed by atoms with E-state index in [2.05, 4.69) is 20.9 Å². The maximum Gasteiger partial charge on any atom is 0.264 e. The van der Waals surface area contributed by atoms with Crippen LogP contribution in [0.4, 0.5) is 0 Å². The Morgan fingerprint density at radius 1 is 0.926 bits per heavy atom. The first-order valence-electron chi connectivity index (χ1n) is 10.1. The van der Waals surface area contributed by atoms with E-state index in [0.29, 0.717) is 19.6 Å². The molecule has 0 radical (unpaired) electrons. The van der Waals surface area contributed by atoms with Crippen LogP contribution < -0.4 is 33.2 Å². The average molecular weight is 388 g/mol. The molecule has 0 heterocycles. The number of ether oxygens (including phenoxy) is 1. The third-order valence-electron chi connectivity index (χ3n) is 4.07. The maximum atomic E-state index is 12.1. The van der Waals surface area contributed by atoms with E-state index in [1.165, 1.54) is 0 Å². The van der Waals surface area contributed by atoms with Crippen molar-refractivity contribution in [2.45, 2.75) is 57.6 Å². The zero-order valence-corrected chi connectivity index (χ0v) is 17.0. The Balaban J connectivity index is 3.55. The van der Waals surface area contributed by atoms with Gasteiger partial charge in [0.1, 0.15) is 0 Å². The van der Waals surface area contributed by atoms with Gasteiger partial charge in [0.05, 0.1) is 0 Å². The quantitative estimate of drug-likeness (QED) is 0.0763. The van der Waals surface area contributed by atoms with Gasteiger partial charge in [0.15, 0.2) is 12.2 Å². The summed E-state index contributed by atoms with van der Waals surface area (Å²) in [5.41, 5.74) is 16.0. The molecule has 0 aromatic rings. The second-order valence-corrected chi connectivity index (χ2v) is 6.53. The van der Waals surface area contributed by atoms with E-state index in [1.54, 1.807) is 7.11 Å². The SMILES string of the molecule is COC(NCCCCCCCN=C(N)N)C(=O)NCCCCNCCCN. The van der Waals surface area contributed by atoms with Gasteiger partial charge >= 0.3 is 0 Å². The lowest BCUT2D eigenvalue weighted by Gasteiger charge is -2.16. The Morgan fingerprint density at radius 3 is 2.26 bits per heavy atom. The minimum Gasteiger partial charge on any atom is -0.370 e. The fourth-order valence-corrected chi connectivity index (χ4v) is 2.52. The zero-order valence-electron chi connectivity index (χ0n) is 17.0. The minimum atomic E-state index is -0.588. The van der Waals surface area contributed by atoms with Gasteiger partial charge in [0, 0.05) is 20.2 Å². The van der Waals surface area contributed by atoms with E-state index in [9.17, 15) is 4.79 Å². The van der Waals surface area contributed by atoms with E-state index in [-0.39, 0.29) is 11.9 Å². The molecule has 0 saturated heterocycles. The smallest absolute Gasteiger partial charge is 0.264 e. The second-order valence-electron chi connectivity index (χ2n) is 6.53. The number of hydrogen-bond donors (Lipinski definition) is 6. The van der Waals surface area contributed by atoms with Crippen LogP contribution >= 0.6 is 0 Å². The molecule has 0 aliphatic heterocycles. The summed E-state index contributed by atoms with van der Waals surface area (Å²) in [5.74, 6) is 0.0492. The topological polar surface area (TPSA) is 153 Å². The van der Waals surface area contributed by atoms with Crippen LogP contribution in [0.25, 0.3) is 0 Å². The third kappa shape index (κ3) is 17.7. The number of nitrogens with zero attached hydrogens (tertiary/aromatic N) is 1. The first-order valence-corrected chi connectivity index (χ1v) is 10.1. The Morgan fingerprint density at radius 2 is 1.56 bits per heavy atom. The fourth-order valence-electron chi connectivity index (χ4n) is 2.52. The Bertz CT molecular complexity index is 377. The number of unbranched alkanes of at least 4 members (excludes halogenated alkanes) is 5. The predicted octanol–water partition coefficient (Wildman–Crippen LogP) is -0.393. The van der Waals surface area contributed by atoms with Crippen molar-refractivity contribution in [1.29, 1.82) is 0 Å². The monoisotopic (exact) mass is 387 g/mol. The molecule has 9 heteroatoms. The minimum absolute atomic E-state index is 0.106. The van der Waals surface area contributed by atoms with Gasteiger partial charge in [-0.25, -0.2) is 0 Å². The van der Waals surface area contributed by atoms with Crippen LogP contribution in [0.5, 0.6) is 0 Å². The molecule has 0 fully saturated rings. The highest BCUT2D eigenvalue weighted by Crippen LogP contribution is 2.02. The zero-order chi connectivity index (χ0) is 20.2. The number of carbonyl (C=O) groups excluding carboxylic acids is 1. The molecule has 1 unspecified atom stereocenters. The molecule has 1 atom stereocenters. The molecule has 0 aromatic carbocycles. The summed E-state index contributed by atoms with van der Waals surface area (Å²) in [5, 5.41) is 9.38. The fraction of sp³-hybridized carbons (Fsp3) is 0.889. The molecule has 9 nitrogen and oxygen atoms in total. The predicted molar refractivity (Wildman–Crippen MR) is 111 cm³/mol. The number of nitrogens with two attached hydrogens (primary N) is 3. The normalized spacial score (nSPS) is 11.9. The molecule has 0 aliphatic carbocycles. The van der Waals surface area contributed by atoms with Crippen molar-refractivity contribution < 1.29 is 9.53 Å². The number of amides is 1. The highest BCUT2D eigenvalue weighted by atomic mass is 16.5. The van der Waals surface area contributed by atoms with Crippen LogP contribution in [0.1, 0.15) is 51.4 Å². The van der Waals surface area contributed by atoms with Crippen molar-refractivity contribution in [3.8, 4) is 0 Å². The van der Waals surface area contributed by atoms with Gasteiger partial charge in [-0.1, -0.05) is 19.3 Å². The van der Waals surface area contributed by atoms with Crippen LogP contribution in [0, 0.1) is 0 Å². The molecular weight excluding hydrogens is 346 g/mol. The van der Waals surface area contributed by atoms with Gasteiger partial charge < -0.3 is 32.6 Å². The van der Waals surface area contributed by atoms with Crippen molar-refractivity contribution in [3.05, 3.63) is 0 Å². The van der Waals surface area contributed by atoms with E-state index in [1.807, 2.05) is 0 Å². The number of methoxy groups -OCH3 is 1. The number of carbonyl (C=O) groups is 1. The van der Waals surface area contributed by atoms with Crippen LogP contribution in [0.3, 0.4) is 0 Å². The van der Waals surface area contributed by atoms with Crippen molar-refractivity contribution in [2.75, 3.05) is 46.4 Å². The van der Waals surface area contributed by atoms with Gasteiger partial charge in [-0.3, -0.25) is 15.1 Å². The number of nitrogens with one attached hydrogen (secondary N) is 3.